The highest BCUT2D eigenvalue weighted by atomic mass is 32.1. The third-order valence-corrected chi connectivity index (χ3v) is 3.10. The van der Waals surface area contributed by atoms with E-state index in [0.717, 1.165) is 0 Å². The number of nitrogens with two attached hydrogens (primary N) is 1. The van der Waals surface area contributed by atoms with E-state index in [2.05, 4.69) is 0 Å². The molecule has 106 valence electrons. The second-order valence-corrected chi connectivity index (χ2v) is 6.11. The summed E-state index contributed by atoms with van der Waals surface area (Å²) in [5, 5.41) is 12.4. The van der Waals surface area contributed by atoms with E-state index in [1.165, 1.54) is 11.3 Å². The molecule has 0 fully saturated rings. The van der Waals surface area contributed by atoms with Crippen LogP contribution in [0.4, 0.5) is 0 Å². The number of ether oxygens (including phenoxy) is 1. The molecule has 19 heavy (non-hydrogen) atoms. The van der Waals surface area contributed by atoms with Crippen molar-refractivity contribution < 1.29 is 19.4 Å². The lowest BCUT2D eigenvalue weighted by molar-refractivity contribution is -0.157. The SMILES string of the molecule is CC(C)(C)OC(=O)[C@@H](c1ccsc1)[C@@H](N)CC(=O)O. The monoisotopic (exact) mass is 285 g/mol. The summed E-state index contributed by atoms with van der Waals surface area (Å²) in [4.78, 5) is 23.0. The zero-order valence-corrected chi connectivity index (χ0v) is 12.1. The third kappa shape index (κ3) is 5.00. The third-order valence-electron chi connectivity index (χ3n) is 2.40. The smallest absolute Gasteiger partial charge is 0.315 e. The van der Waals surface area contributed by atoms with E-state index in [-0.39, 0.29) is 6.42 Å². The van der Waals surface area contributed by atoms with Gasteiger partial charge >= 0.3 is 11.9 Å². The van der Waals surface area contributed by atoms with Crippen molar-refractivity contribution in [1.29, 1.82) is 0 Å². The van der Waals surface area contributed by atoms with Crippen LogP contribution < -0.4 is 5.73 Å². The van der Waals surface area contributed by atoms with Gasteiger partial charge in [-0.25, -0.2) is 0 Å². The van der Waals surface area contributed by atoms with E-state index < -0.39 is 29.5 Å². The maximum Gasteiger partial charge on any atom is 0.315 e. The van der Waals surface area contributed by atoms with Gasteiger partial charge in [0.25, 0.3) is 0 Å². The Kier molecular flexibility index (Phi) is 5.08. The van der Waals surface area contributed by atoms with E-state index in [1.54, 1.807) is 32.2 Å². The number of carboxylic acid groups (broad SMARTS) is 1. The molecule has 5 nitrogen and oxygen atoms in total. The molecule has 1 aromatic heterocycles. The normalized spacial score (nSPS) is 14.7. The molecular formula is C13H19NO4S. The van der Waals surface area contributed by atoms with Crippen LogP contribution in [0.3, 0.4) is 0 Å². The molecular weight excluding hydrogens is 266 g/mol. The first-order chi connectivity index (χ1) is 8.70. The summed E-state index contributed by atoms with van der Waals surface area (Å²) >= 11 is 1.43. The first-order valence-electron chi connectivity index (χ1n) is 5.93. The van der Waals surface area contributed by atoms with Crippen molar-refractivity contribution in [3.63, 3.8) is 0 Å². The second kappa shape index (κ2) is 6.16. The summed E-state index contributed by atoms with van der Waals surface area (Å²) in [5.41, 5.74) is 5.92. The number of aliphatic carboxylic acids is 1. The fourth-order valence-corrected chi connectivity index (χ4v) is 2.39. The Morgan fingerprint density at radius 1 is 1.47 bits per heavy atom. The van der Waals surface area contributed by atoms with Gasteiger partial charge in [-0.3, -0.25) is 9.59 Å². The van der Waals surface area contributed by atoms with Gasteiger partial charge in [0, 0.05) is 6.04 Å². The predicted molar refractivity (Wildman–Crippen MR) is 73.1 cm³/mol. The highest BCUT2D eigenvalue weighted by Crippen LogP contribution is 2.26. The van der Waals surface area contributed by atoms with Crippen LogP contribution in [0.2, 0.25) is 0 Å². The Bertz CT molecular complexity index is 436. The van der Waals surface area contributed by atoms with Gasteiger partial charge in [-0.2, -0.15) is 11.3 Å². The number of esters is 1. The molecule has 0 unspecified atom stereocenters. The maximum atomic E-state index is 12.2. The predicted octanol–water partition coefficient (Wildman–Crippen LogP) is 1.98. The Hall–Kier alpha value is -1.40. The van der Waals surface area contributed by atoms with E-state index in [0.29, 0.717) is 5.56 Å². The molecule has 1 rings (SSSR count). The minimum absolute atomic E-state index is 0.278. The van der Waals surface area contributed by atoms with Crippen molar-refractivity contribution in [3.8, 4) is 0 Å². The summed E-state index contributed by atoms with van der Waals surface area (Å²) in [6.07, 6.45) is -0.278. The minimum atomic E-state index is -1.03. The van der Waals surface area contributed by atoms with E-state index in [1.807, 2.05) is 5.38 Å². The van der Waals surface area contributed by atoms with Crippen LogP contribution in [0.15, 0.2) is 16.8 Å². The van der Waals surface area contributed by atoms with Crippen LogP contribution in [-0.2, 0) is 14.3 Å². The highest BCUT2D eigenvalue weighted by Gasteiger charge is 2.33. The Labute approximate surface area is 116 Å². The zero-order valence-electron chi connectivity index (χ0n) is 11.3. The average molecular weight is 285 g/mol. The molecule has 2 atom stereocenters. The van der Waals surface area contributed by atoms with E-state index >= 15 is 0 Å². The van der Waals surface area contributed by atoms with Gasteiger partial charge in [-0.05, 0) is 43.2 Å². The van der Waals surface area contributed by atoms with Crippen LogP contribution in [0, 0.1) is 0 Å². The Morgan fingerprint density at radius 2 is 2.11 bits per heavy atom. The van der Waals surface area contributed by atoms with Gasteiger partial charge in [0.05, 0.1) is 12.3 Å². The molecule has 0 aliphatic carbocycles. The van der Waals surface area contributed by atoms with Crippen molar-refractivity contribution in [1.82, 2.24) is 0 Å². The van der Waals surface area contributed by atoms with Crippen LogP contribution in [0.1, 0.15) is 38.7 Å². The van der Waals surface area contributed by atoms with Gasteiger partial charge in [-0.1, -0.05) is 0 Å². The van der Waals surface area contributed by atoms with Gasteiger partial charge in [0.2, 0.25) is 0 Å². The van der Waals surface area contributed by atoms with Gasteiger partial charge in [-0.15, -0.1) is 0 Å². The summed E-state index contributed by atoms with van der Waals surface area (Å²) < 4.78 is 5.32. The number of carbonyl (C=O) groups excluding carboxylic acids is 1. The number of carboxylic acids is 1. The summed E-state index contributed by atoms with van der Waals surface area (Å²) in [7, 11) is 0. The molecule has 0 aromatic carbocycles. The summed E-state index contributed by atoms with van der Waals surface area (Å²) in [6.45, 7) is 5.29. The number of thiophene rings is 1. The standard InChI is InChI=1S/C13H19NO4S/c1-13(2,3)18-12(17)11(8-4-5-19-7-8)9(14)6-10(15)16/h4-5,7,9,11H,6,14H2,1-3H3,(H,15,16)/t9-,11-/m0/s1. The molecule has 0 saturated carbocycles. The quantitative estimate of drug-likeness (QED) is 0.807. The second-order valence-electron chi connectivity index (χ2n) is 5.33. The molecule has 0 spiro atoms. The lowest BCUT2D eigenvalue weighted by Crippen LogP contribution is -2.39. The van der Waals surface area contributed by atoms with Crippen LogP contribution in [-0.4, -0.2) is 28.7 Å². The Balaban J connectivity index is 2.93. The molecule has 0 saturated heterocycles. The summed E-state index contributed by atoms with van der Waals surface area (Å²) in [5.74, 6) is -2.27. The average Bonchev–Trinajstić information content (AvgIpc) is 2.66. The number of hydrogen-bond acceptors (Lipinski definition) is 5. The largest absolute Gasteiger partial charge is 0.481 e. The van der Waals surface area contributed by atoms with Crippen LogP contribution in [0.25, 0.3) is 0 Å². The first kappa shape index (κ1) is 15.7. The fourth-order valence-electron chi connectivity index (χ4n) is 1.69. The molecule has 0 radical (unpaired) electrons. The fraction of sp³-hybridized carbons (Fsp3) is 0.538. The van der Waals surface area contributed by atoms with Gasteiger partial charge < -0.3 is 15.6 Å². The molecule has 1 aromatic rings. The number of hydrogen-bond donors (Lipinski definition) is 2. The maximum absolute atomic E-state index is 12.2. The molecule has 0 aliphatic heterocycles. The van der Waals surface area contributed by atoms with Crippen molar-refractivity contribution >= 4 is 23.3 Å². The molecule has 0 bridgehead atoms. The lowest BCUT2D eigenvalue weighted by Gasteiger charge is -2.26. The highest BCUT2D eigenvalue weighted by molar-refractivity contribution is 7.08. The molecule has 0 amide bonds. The molecule has 3 N–H and O–H groups in total. The van der Waals surface area contributed by atoms with Crippen molar-refractivity contribution in [3.05, 3.63) is 22.4 Å². The van der Waals surface area contributed by atoms with Crippen LogP contribution in [0.5, 0.6) is 0 Å². The van der Waals surface area contributed by atoms with Crippen LogP contribution >= 0.6 is 11.3 Å². The van der Waals surface area contributed by atoms with Gasteiger partial charge in [0.15, 0.2) is 0 Å². The molecule has 0 aliphatic rings. The minimum Gasteiger partial charge on any atom is -0.481 e. The van der Waals surface area contributed by atoms with Crippen molar-refractivity contribution in [2.45, 2.75) is 44.8 Å². The first-order valence-corrected chi connectivity index (χ1v) is 6.87. The molecule has 1 heterocycles. The van der Waals surface area contributed by atoms with Crippen molar-refractivity contribution in [2.24, 2.45) is 5.73 Å². The van der Waals surface area contributed by atoms with Crippen molar-refractivity contribution in [2.75, 3.05) is 0 Å². The Morgan fingerprint density at radius 3 is 2.53 bits per heavy atom. The molecule has 6 heteroatoms. The number of carbonyl (C=O) groups is 2. The number of rotatable bonds is 5. The van der Waals surface area contributed by atoms with E-state index in [9.17, 15) is 9.59 Å². The van der Waals surface area contributed by atoms with E-state index in [4.69, 9.17) is 15.6 Å². The summed E-state index contributed by atoms with van der Waals surface area (Å²) in [6, 6.07) is 0.961. The van der Waals surface area contributed by atoms with Gasteiger partial charge in [0.1, 0.15) is 5.60 Å². The topological polar surface area (TPSA) is 89.6 Å². The lowest BCUT2D eigenvalue weighted by atomic mass is 9.92. The zero-order chi connectivity index (χ0) is 14.6.